The van der Waals surface area contributed by atoms with Gasteiger partial charge >= 0.3 is 0 Å². The van der Waals surface area contributed by atoms with E-state index in [-0.39, 0.29) is 11.8 Å². The van der Waals surface area contributed by atoms with Crippen molar-refractivity contribution in [1.29, 1.82) is 0 Å². The van der Waals surface area contributed by atoms with E-state index in [1.54, 1.807) is 0 Å². The van der Waals surface area contributed by atoms with E-state index in [1.807, 2.05) is 41.2 Å². The Morgan fingerprint density at radius 3 is 2.96 bits per heavy atom. The molecule has 0 unspecified atom stereocenters. The van der Waals surface area contributed by atoms with E-state index in [4.69, 9.17) is 4.74 Å². The molecule has 128 valence electrons. The van der Waals surface area contributed by atoms with Crippen molar-refractivity contribution in [3.8, 4) is 0 Å². The molecule has 2 aromatic rings. The van der Waals surface area contributed by atoms with Crippen molar-refractivity contribution >= 4 is 17.2 Å². The smallest absolute Gasteiger partial charge is 0.264 e. The number of aryl methyl sites for hydroxylation is 2. The molecule has 1 saturated carbocycles. The number of carbonyl (C=O) groups is 1. The molecule has 1 amide bonds. The van der Waals surface area contributed by atoms with Gasteiger partial charge in [0.15, 0.2) is 0 Å². The average Bonchev–Trinajstić information content (AvgIpc) is 3.18. The molecular formula is C18H23N3O2S. The quantitative estimate of drug-likeness (QED) is 0.837. The monoisotopic (exact) mass is 345 g/mol. The van der Waals surface area contributed by atoms with Gasteiger partial charge in [0, 0.05) is 38.2 Å². The summed E-state index contributed by atoms with van der Waals surface area (Å²) in [7, 11) is 1.98. The van der Waals surface area contributed by atoms with Gasteiger partial charge in [-0.15, -0.1) is 11.3 Å². The minimum absolute atomic E-state index is 0.129. The third-order valence-corrected chi connectivity index (χ3v) is 5.97. The molecule has 0 saturated heterocycles. The molecule has 1 aliphatic carbocycles. The van der Waals surface area contributed by atoms with Gasteiger partial charge in [0.1, 0.15) is 0 Å². The van der Waals surface area contributed by atoms with Crippen molar-refractivity contribution in [1.82, 2.24) is 14.7 Å². The molecule has 0 aromatic carbocycles. The number of fused-ring (bicyclic) bond motifs is 1. The molecule has 2 aromatic heterocycles. The van der Waals surface area contributed by atoms with E-state index in [1.165, 1.54) is 29.9 Å². The molecular weight excluding hydrogens is 322 g/mol. The fourth-order valence-corrected chi connectivity index (χ4v) is 4.34. The van der Waals surface area contributed by atoms with Crippen LogP contribution in [0.4, 0.5) is 0 Å². The van der Waals surface area contributed by atoms with Gasteiger partial charge < -0.3 is 9.64 Å². The zero-order valence-corrected chi connectivity index (χ0v) is 15.0. The molecule has 0 radical (unpaired) electrons. The first-order valence-electron chi connectivity index (χ1n) is 8.55. The number of aromatic nitrogens is 2. The van der Waals surface area contributed by atoms with Gasteiger partial charge in [-0.3, -0.25) is 9.48 Å². The van der Waals surface area contributed by atoms with Gasteiger partial charge in [0.2, 0.25) is 0 Å². The highest BCUT2D eigenvalue weighted by Crippen LogP contribution is 2.32. The van der Waals surface area contributed by atoms with Gasteiger partial charge in [-0.2, -0.15) is 5.10 Å². The number of rotatable bonds is 5. The number of hydrogen-bond donors (Lipinski definition) is 0. The number of hydrogen-bond acceptors (Lipinski definition) is 4. The van der Waals surface area contributed by atoms with E-state index in [2.05, 4.69) is 5.10 Å². The van der Waals surface area contributed by atoms with E-state index >= 15 is 0 Å². The van der Waals surface area contributed by atoms with Gasteiger partial charge in [-0.05, 0) is 42.7 Å². The molecule has 0 bridgehead atoms. The van der Waals surface area contributed by atoms with Crippen LogP contribution in [0.3, 0.4) is 0 Å². The van der Waals surface area contributed by atoms with Crippen LogP contribution < -0.4 is 0 Å². The summed E-state index contributed by atoms with van der Waals surface area (Å²) in [5.41, 5.74) is 3.42. The first kappa shape index (κ1) is 15.8. The molecule has 6 heteroatoms. The maximum Gasteiger partial charge on any atom is 0.264 e. The van der Waals surface area contributed by atoms with Crippen LogP contribution in [0.25, 0.3) is 0 Å². The number of ether oxygens (including phenoxy) is 1. The van der Waals surface area contributed by atoms with Crippen LogP contribution in [0, 0.1) is 12.8 Å². The zero-order valence-electron chi connectivity index (χ0n) is 14.2. The minimum Gasteiger partial charge on any atom is -0.380 e. The lowest BCUT2D eigenvalue weighted by Gasteiger charge is -2.33. The summed E-state index contributed by atoms with van der Waals surface area (Å²) in [6.07, 6.45) is 4.48. The van der Waals surface area contributed by atoms with Crippen LogP contribution in [-0.4, -0.2) is 40.3 Å². The Balaban J connectivity index is 1.53. The highest BCUT2D eigenvalue weighted by atomic mass is 32.1. The Morgan fingerprint density at radius 2 is 2.25 bits per heavy atom. The zero-order chi connectivity index (χ0) is 16.7. The minimum atomic E-state index is 0.129. The molecule has 4 rings (SSSR count). The standard InChI is InChI=1S/C18H23N3O2S/c1-12-5-6-24-17(12)18(22)21-8-14-7-19-20(2)16(14)15(9-21)11-23-10-13-3-4-13/h5-7,13,15H,3-4,8-11H2,1-2H3/t15-/m0/s1. The van der Waals surface area contributed by atoms with Gasteiger partial charge in [0.25, 0.3) is 5.91 Å². The van der Waals surface area contributed by atoms with Gasteiger partial charge in [0.05, 0.1) is 23.4 Å². The molecule has 0 N–H and O–H groups in total. The molecule has 1 aliphatic heterocycles. The second kappa shape index (κ2) is 6.33. The number of thiophene rings is 1. The Hall–Kier alpha value is -1.66. The Kier molecular flexibility index (Phi) is 4.18. The van der Waals surface area contributed by atoms with Crippen molar-refractivity contribution < 1.29 is 9.53 Å². The molecule has 1 fully saturated rings. The first-order chi connectivity index (χ1) is 11.6. The van der Waals surface area contributed by atoms with Crippen LogP contribution in [0.5, 0.6) is 0 Å². The van der Waals surface area contributed by atoms with Crippen molar-refractivity contribution in [3.05, 3.63) is 39.3 Å². The Morgan fingerprint density at radius 1 is 1.42 bits per heavy atom. The molecule has 0 spiro atoms. The van der Waals surface area contributed by atoms with E-state index in [0.717, 1.165) is 28.5 Å². The molecule has 1 atom stereocenters. The van der Waals surface area contributed by atoms with Crippen LogP contribution in [0.1, 0.15) is 45.3 Å². The lowest BCUT2D eigenvalue weighted by Crippen LogP contribution is -2.40. The Labute approximate surface area is 146 Å². The number of carbonyl (C=O) groups excluding carboxylic acids is 1. The Bertz CT molecular complexity index is 747. The average molecular weight is 345 g/mol. The summed E-state index contributed by atoms with van der Waals surface area (Å²) in [6.45, 7) is 4.85. The predicted molar refractivity (Wildman–Crippen MR) is 93.3 cm³/mol. The summed E-state index contributed by atoms with van der Waals surface area (Å²) >= 11 is 1.53. The largest absolute Gasteiger partial charge is 0.380 e. The van der Waals surface area contributed by atoms with Crippen LogP contribution >= 0.6 is 11.3 Å². The van der Waals surface area contributed by atoms with Crippen molar-refractivity contribution in [2.75, 3.05) is 19.8 Å². The molecule has 2 aliphatic rings. The van der Waals surface area contributed by atoms with Gasteiger partial charge in [-0.1, -0.05) is 0 Å². The van der Waals surface area contributed by atoms with Crippen molar-refractivity contribution in [3.63, 3.8) is 0 Å². The summed E-state index contributed by atoms with van der Waals surface area (Å²) in [4.78, 5) is 15.7. The lowest BCUT2D eigenvalue weighted by atomic mass is 9.96. The summed E-state index contributed by atoms with van der Waals surface area (Å²) in [5.74, 6) is 1.08. The fourth-order valence-electron chi connectivity index (χ4n) is 3.45. The van der Waals surface area contributed by atoms with Gasteiger partial charge in [-0.25, -0.2) is 0 Å². The highest BCUT2D eigenvalue weighted by molar-refractivity contribution is 7.12. The fraction of sp³-hybridized carbons (Fsp3) is 0.556. The van der Waals surface area contributed by atoms with E-state index < -0.39 is 0 Å². The summed E-state index contributed by atoms with van der Waals surface area (Å²) in [6, 6.07) is 2.01. The van der Waals surface area contributed by atoms with Crippen LogP contribution in [0.15, 0.2) is 17.6 Å². The molecule has 5 nitrogen and oxygen atoms in total. The second-order valence-electron chi connectivity index (χ2n) is 6.97. The normalized spacial score (nSPS) is 20.2. The number of amides is 1. The topological polar surface area (TPSA) is 47.4 Å². The number of nitrogens with zero attached hydrogens (tertiary/aromatic N) is 3. The highest BCUT2D eigenvalue weighted by Gasteiger charge is 2.33. The lowest BCUT2D eigenvalue weighted by molar-refractivity contribution is 0.0624. The van der Waals surface area contributed by atoms with Crippen LogP contribution in [0.2, 0.25) is 0 Å². The third kappa shape index (κ3) is 3.00. The summed E-state index contributed by atoms with van der Waals surface area (Å²) in [5, 5.41) is 6.39. The van der Waals surface area contributed by atoms with Crippen molar-refractivity contribution in [2.45, 2.75) is 32.2 Å². The molecule has 24 heavy (non-hydrogen) atoms. The summed E-state index contributed by atoms with van der Waals surface area (Å²) < 4.78 is 7.89. The SMILES string of the molecule is Cc1ccsc1C(=O)N1Cc2cnn(C)c2[C@H](COCC2CC2)C1. The molecule has 3 heterocycles. The maximum atomic E-state index is 12.9. The second-order valence-corrected chi connectivity index (χ2v) is 7.89. The first-order valence-corrected chi connectivity index (χ1v) is 9.43. The van der Waals surface area contributed by atoms with E-state index in [9.17, 15) is 4.79 Å². The predicted octanol–water partition coefficient (Wildman–Crippen LogP) is 2.96. The van der Waals surface area contributed by atoms with E-state index in [0.29, 0.717) is 19.7 Å². The van der Waals surface area contributed by atoms with Crippen molar-refractivity contribution in [2.24, 2.45) is 13.0 Å². The maximum absolute atomic E-state index is 12.9. The third-order valence-electron chi connectivity index (χ3n) is 4.97. The van der Waals surface area contributed by atoms with Crippen LogP contribution in [-0.2, 0) is 18.3 Å².